The molecular formula is C20H25ClN2O6S. The lowest BCUT2D eigenvalue weighted by Gasteiger charge is -2.22. The Hall–Kier alpha value is -2.65. The van der Waals surface area contributed by atoms with E-state index in [-0.39, 0.29) is 6.10 Å². The molecule has 0 aliphatic heterocycles. The van der Waals surface area contributed by atoms with E-state index < -0.39 is 22.5 Å². The van der Waals surface area contributed by atoms with Crippen molar-refractivity contribution >= 4 is 38.9 Å². The maximum atomic E-state index is 12.6. The van der Waals surface area contributed by atoms with Gasteiger partial charge in [0.25, 0.3) is 0 Å². The first-order valence-corrected chi connectivity index (χ1v) is 11.2. The van der Waals surface area contributed by atoms with E-state index in [1.54, 1.807) is 24.3 Å². The Bertz CT molecular complexity index is 993. The number of ether oxygens (including phenoxy) is 3. The molecule has 0 aliphatic carbocycles. The molecule has 0 saturated carbocycles. The molecule has 1 N–H and O–H groups in total. The number of hydrogen-bond donors (Lipinski definition) is 1. The number of amides is 1. The number of benzene rings is 2. The third-order valence-electron chi connectivity index (χ3n) is 3.93. The van der Waals surface area contributed by atoms with Gasteiger partial charge in [0.2, 0.25) is 15.9 Å². The number of methoxy groups -OCH3 is 2. The number of carbonyl (C=O) groups is 1. The van der Waals surface area contributed by atoms with Gasteiger partial charge < -0.3 is 19.5 Å². The van der Waals surface area contributed by atoms with Crippen LogP contribution in [0.2, 0.25) is 5.02 Å². The first kappa shape index (κ1) is 23.6. The quantitative estimate of drug-likeness (QED) is 0.620. The lowest BCUT2D eigenvalue weighted by molar-refractivity contribution is -0.114. The standard InChI is InChI=1S/C20H25ClN2O6S/c1-13(2)29-15-8-6-14(7-9-15)23(30(5,25)26)12-20(24)22-17-11-18(27-3)16(21)10-19(17)28-4/h6-11,13H,12H2,1-5H3,(H,22,24). The molecule has 30 heavy (non-hydrogen) atoms. The lowest BCUT2D eigenvalue weighted by Crippen LogP contribution is -2.37. The number of halogens is 1. The lowest BCUT2D eigenvalue weighted by atomic mass is 10.2. The van der Waals surface area contributed by atoms with Gasteiger partial charge in [-0.15, -0.1) is 0 Å². The summed E-state index contributed by atoms with van der Waals surface area (Å²) >= 11 is 6.07. The van der Waals surface area contributed by atoms with Crippen LogP contribution >= 0.6 is 11.6 Å². The second-order valence-corrected chi connectivity index (χ2v) is 8.98. The molecule has 0 unspecified atom stereocenters. The molecule has 0 radical (unpaired) electrons. The van der Waals surface area contributed by atoms with Crippen LogP contribution in [0.3, 0.4) is 0 Å². The molecular weight excluding hydrogens is 432 g/mol. The van der Waals surface area contributed by atoms with E-state index in [9.17, 15) is 13.2 Å². The van der Waals surface area contributed by atoms with Crippen molar-refractivity contribution in [1.82, 2.24) is 0 Å². The van der Waals surface area contributed by atoms with E-state index in [1.807, 2.05) is 13.8 Å². The smallest absolute Gasteiger partial charge is 0.245 e. The first-order chi connectivity index (χ1) is 14.0. The fraction of sp³-hybridized carbons (Fsp3) is 0.350. The summed E-state index contributed by atoms with van der Waals surface area (Å²) in [6, 6.07) is 9.46. The number of hydrogen-bond acceptors (Lipinski definition) is 6. The fourth-order valence-corrected chi connectivity index (χ4v) is 3.73. The minimum atomic E-state index is -3.72. The maximum Gasteiger partial charge on any atom is 0.245 e. The number of nitrogens with zero attached hydrogens (tertiary/aromatic N) is 1. The van der Waals surface area contributed by atoms with Gasteiger partial charge in [-0.2, -0.15) is 0 Å². The highest BCUT2D eigenvalue weighted by molar-refractivity contribution is 7.92. The molecule has 164 valence electrons. The highest BCUT2D eigenvalue weighted by atomic mass is 35.5. The Morgan fingerprint density at radius 3 is 2.20 bits per heavy atom. The Morgan fingerprint density at radius 2 is 1.70 bits per heavy atom. The summed E-state index contributed by atoms with van der Waals surface area (Å²) in [5.41, 5.74) is 0.641. The molecule has 0 heterocycles. The predicted molar refractivity (Wildman–Crippen MR) is 118 cm³/mol. The van der Waals surface area contributed by atoms with E-state index in [0.29, 0.717) is 33.6 Å². The van der Waals surface area contributed by atoms with Gasteiger partial charge in [-0.1, -0.05) is 11.6 Å². The Labute approximate surface area is 181 Å². The number of anilines is 2. The highest BCUT2D eigenvalue weighted by Crippen LogP contribution is 2.36. The molecule has 0 aliphatic rings. The Morgan fingerprint density at radius 1 is 1.10 bits per heavy atom. The summed E-state index contributed by atoms with van der Waals surface area (Å²) < 4.78 is 41.6. The predicted octanol–water partition coefficient (Wildman–Crippen LogP) is 3.55. The Balaban J connectivity index is 2.25. The van der Waals surface area contributed by atoms with Crippen molar-refractivity contribution in [3.05, 3.63) is 41.4 Å². The van der Waals surface area contributed by atoms with E-state index in [2.05, 4.69) is 5.32 Å². The van der Waals surface area contributed by atoms with Crippen LogP contribution in [0.1, 0.15) is 13.8 Å². The summed E-state index contributed by atoms with van der Waals surface area (Å²) in [5.74, 6) is 0.693. The fourth-order valence-electron chi connectivity index (χ4n) is 2.64. The average Bonchev–Trinajstić information content (AvgIpc) is 2.66. The van der Waals surface area contributed by atoms with Gasteiger partial charge in [0.15, 0.2) is 0 Å². The zero-order valence-electron chi connectivity index (χ0n) is 17.4. The normalized spacial score (nSPS) is 11.2. The molecule has 1 amide bonds. The topological polar surface area (TPSA) is 94.2 Å². The molecule has 0 saturated heterocycles. The maximum absolute atomic E-state index is 12.6. The van der Waals surface area contributed by atoms with E-state index in [4.69, 9.17) is 25.8 Å². The first-order valence-electron chi connectivity index (χ1n) is 9.01. The van der Waals surface area contributed by atoms with Crippen molar-refractivity contribution in [1.29, 1.82) is 0 Å². The highest BCUT2D eigenvalue weighted by Gasteiger charge is 2.22. The number of sulfonamides is 1. The van der Waals surface area contributed by atoms with Gasteiger partial charge in [-0.3, -0.25) is 9.10 Å². The summed E-state index contributed by atoms with van der Waals surface area (Å²) in [5, 5.41) is 2.95. The van der Waals surface area contributed by atoms with Crippen LogP contribution in [0.15, 0.2) is 36.4 Å². The second kappa shape index (κ2) is 9.90. The molecule has 8 nitrogen and oxygen atoms in total. The zero-order valence-corrected chi connectivity index (χ0v) is 19.0. The minimum Gasteiger partial charge on any atom is -0.495 e. The minimum absolute atomic E-state index is 0.0148. The van der Waals surface area contributed by atoms with Crippen molar-refractivity contribution in [2.45, 2.75) is 20.0 Å². The zero-order chi connectivity index (χ0) is 22.5. The third-order valence-corrected chi connectivity index (χ3v) is 5.37. The molecule has 0 bridgehead atoms. The van der Waals surface area contributed by atoms with Gasteiger partial charge >= 0.3 is 0 Å². The summed E-state index contributed by atoms with van der Waals surface area (Å²) in [4.78, 5) is 12.6. The van der Waals surface area contributed by atoms with E-state index >= 15 is 0 Å². The monoisotopic (exact) mass is 456 g/mol. The average molecular weight is 457 g/mol. The van der Waals surface area contributed by atoms with E-state index in [1.165, 1.54) is 26.4 Å². The number of carbonyl (C=O) groups excluding carboxylic acids is 1. The van der Waals surface area contributed by atoms with Gasteiger partial charge in [0.05, 0.1) is 43.0 Å². The molecule has 0 atom stereocenters. The largest absolute Gasteiger partial charge is 0.495 e. The van der Waals surface area contributed by atoms with Crippen LogP contribution in [0.5, 0.6) is 17.2 Å². The van der Waals surface area contributed by atoms with Crippen LogP contribution < -0.4 is 23.8 Å². The van der Waals surface area contributed by atoms with Gasteiger partial charge in [0.1, 0.15) is 23.8 Å². The Kier molecular flexibility index (Phi) is 7.80. The summed E-state index contributed by atoms with van der Waals surface area (Å²) in [6.07, 6.45) is 1.02. The van der Waals surface area contributed by atoms with Gasteiger partial charge in [-0.05, 0) is 38.1 Å². The summed E-state index contributed by atoms with van der Waals surface area (Å²) in [6.45, 7) is 3.35. The molecule has 2 aromatic rings. The van der Waals surface area contributed by atoms with Crippen LogP contribution in [-0.4, -0.2) is 47.4 Å². The second-order valence-electron chi connectivity index (χ2n) is 6.67. The number of nitrogens with one attached hydrogen (secondary N) is 1. The van der Waals surface area contributed by atoms with Gasteiger partial charge in [0, 0.05) is 12.1 Å². The van der Waals surface area contributed by atoms with Gasteiger partial charge in [-0.25, -0.2) is 8.42 Å². The van der Waals surface area contributed by atoms with Crippen LogP contribution in [0, 0.1) is 0 Å². The SMILES string of the molecule is COc1cc(NC(=O)CN(c2ccc(OC(C)C)cc2)S(C)(=O)=O)c(OC)cc1Cl. The van der Waals surface area contributed by atoms with Crippen molar-refractivity contribution < 1.29 is 27.4 Å². The number of rotatable bonds is 9. The molecule has 2 aromatic carbocycles. The summed E-state index contributed by atoms with van der Waals surface area (Å²) in [7, 11) is -0.852. The van der Waals surface area contributed by atoms with Crippen molar-refractivity contribution in [3.63, 3.8) is 0 Å². The molecule has 0 fully saturated rings. The molecule has 0 spiro atoms. The van der Waals surface area contributed by atoms with Crippen molar-refractivity contribution in [3.8, 4) is 17.2 Å². The van der Waals surface area contributed by atoms with Crippen molar-refractivity contribution in [2.75, 3.05) is 36.6 Å². The molecule has 10 heteroatoms. The van der Waals surface area contributed by atoms with Crippen LogP contribution in [0.25, 0.3) is 0 Å². The van der Waals surface area contributed by atoms with Crippen LogP contribution in [0.4, 0.5) is 11.4 Å². The molecule has 2 rings (SSSR count). The van der Waals surface area contributed by atoms with Crippen molar-refractivity contribution in [2.24, 2.45) is 0 Å². The third kappa shape index (κ3) is 6.17. The molecule has 0 aromatic heterocycles. The van der Waals surface area contributed by atoms with Crippen LogP contribution in [-0.2, 0) is 14.8 Å². The van der Waals surface area contributed by atoms with E-state index in [0.717, 1.165) is 10.6 Å².